The minimum atomic E-state index is -1.59. The summed E-state index contributed by atoms with van der Waals surface area (Å²) in [5.74, 6) is -0.638. The Labute approximate surface area is 227 Å². The van der Waals surface area contributed by atoms with Crippen molar-refractivity contribution in [2.75, 3.05) is 42.9 Å². The molecule has 2 amide bonds. The fourth-order valence-electron chi connectivity index (χ4n) is 5.13. The molecule has 1 fully saturated rings. The highest BCUT2D eigenvalue weighted by Crippen LogP contribution is 2.36. The van der Waals surface area contributed by atoms with E-state index >= 15 is 0 Å². The van der Waals surface area contributed by atoms with E-state index in [1.165, 1.54) is 29.5 Å². The number of nitrogens with one attached hydrogen (secondary N) is 1. The number of hydrogen-bond acceptors (Lipinski definition) is 7. The van der Waals surface area contributed by atoms with Gasteiger partial charge in [-0.15, -0.1) is 0 Å². The van der Waals surface area contributed by atoms with Gasteiger partial charge in [-0.05, 0) is 58.4 Å². The molecule has 3 aromatic rings. The van der Waals surface area contributed by atoms with Crippen LogP contribution in [-0.2, 0) is 6.54 Å². The quantitative estimate of drug-likeness (QED) is 0.498. The molecular formula is C28H36FN7O3. The van der Waals surface area contributed by atoms with Crippen LogP contribution in [0.2, 0.25) is 0 Å². The predicted molar refractivity (Wildman–Crippen MR) is 147 cm³/mol. The molecule has 0 saturated carbocycles. The summed E-state index contributed by atoms with van der Waals surface area (Å²) in [6.07, 6.45) is 3.22. The van der Waals surface area contributed by atoms with Crippen LogP contribution in [0.1, 0.15) is 60.9 Å². The maximum Gasteiger partial charge on any atom is 0.261 e. The Morgan fingerprint density at radius 1 is 1.15 bits per heavy atom. The van der Waals surface area contributed by atoms with Gasteiger partial charge >= 0.3 is 0 Å². The van der Waals surface area contributed by atoms with Crippen molar-refractivity contribution in [3.8, 4) is 0 Å². The highest BCUT2D eigenvalue weighted by Gasteiger charge is 2.36. The van der Waals surface area contributed by atoms with Gasteiger partial charge < -0.3 is 20.2 Å². The monoisotopic (exact) mass is 537 g/mol. The first kappa shape index (κ1) is 27.0. The Hall–Kier alpha value is -3.57. The molecular weight excluding hydrogens is 501 g/mol. The number of fused-ring (bicyclic) bond motifs is 2. The van der Waals surface area contributed by atoms with E-state index in [0.29, 0.717) is 28.0 Å². The number of halogens is 1. The number of nitrogens with zero attached hydrogens (tertiary/aromatic N) is 6. The zero-order valence-corrected chi connectivity index (χ0v) is 23.1. The molecule has 1 aromatic carbocycles. The first-order chi connectivity index (χ1) is 18.3. The molecule has 2 N–H and O–H groups in total. The van der Waals surface area contributed by atoms with Crippen molar-refractivity contribution in [1.29, 1.82) is 0 Å². The predicted octanol–water partition coefficient (Wildman–Crippen LogP) is 2.97. The van der Waals surface area contributed by atoms with Crippen LogP contribution < -0.4 is 10.2 Å². The Morgan fingerprint density at radius 2 is 1.87 bits per heavy atom. The van der Waals surface area contributed by atoms with Crippen molar-refractivity contribution in [2.24, 2.45) is 0 Å². The summed E-state index contributed by atoms with van der Waals surface area (Å²) in [6.45, 7) is 12.4. The second-order valence-electron chi connectivity index (χ2n) is 11.9. The van der Waals surface area contributed by atoms with Gasteiger partial charge in [0.1, 0.15) is 11.7 Å². The van der Waals surface area contributed by atoms with Crippen LogP contribution >= 0.6 is 0 Å². The topological polar surface area (TPSA) is 106 Å². The molecule has 2 aliphatic rings. The van der Waals surface area contributed by atoms with Crippen LogP contribution in [0.15, 0.2) is 36.8 Å². The Balaban J connectivity index is 1.47. The Kier molecular flexibility index (Phi) is 6.84. The molecule has 0 aliphatic carbocycles. The largest absolute Gasteiger partial charge is 0.387 e. The molecule has 1 saturated heterocycles. The Morgan fingerprint density at radius 3 is 2.54 bits per heavy atom. The number of piperazine rings is 1. The lowest BCUT2D eigenvalue weighted by atomic mass is 10.0. The third-order valence-electron chi connectivity index (χ3n) is 7.59. The molecule has 4 heterocycles. The maximum atomic E-state index is 14.7. The fourth-order valence-corrected chi connectivity index (χ4v) is 5.13. The number of aromatic nitrogens is 3. The van der Waals surface area contributed by atoms with Gasteiger partial charge in [0.15, 0.2) is 5.65 Å². The molecule has 11 heteroatoms. The summed E-state index contributed by atoms with van der Waals surface area (Å²) >= 11 is 0. The van der Waals surface area contributed by atoms with E-state index in [9.17, 15) is 19.1 Å². The number of amides is 2. The number of anilines is 2. The van der Waals surface area contributed by atoms with Gasteiger partial charge in [-0.25, -0.2) is 13.9 Å². The van der Waals surface area contributed by atoms with Crippen molar-refractivity contribution in [3.63, 3.8) is 0 Å². The maximum absolute atomic E-state index is 14.7. The first-order valence-corrected chi connectivity index (χ1v) is 13.3. The lowest BCUT2D eigenvalue weighted by Gasteiger charge is -2.43. The average molecular weight is 538 g/mol. The molecule has 2 aromatic heterocycles. The van der Waals surface area contributed by atoms with Crippen LogP contribution in [-0.4, -0.2) is 91.4 Å². The lowest BCUT2D eigenvalue weighted by molar-refractivity contribution is -0.0159. The van der Waals surface area contributed by atoms with Crippen molar-refractivity contribution in [3.05, 3.63) is 53.5 Å². The SMILES string of the molecule is CC(C)(O)C(F)CN1Cc2cc(NC(=O)c3cnn4cccnc34)c(N3CCN(C(C)(C)C)CC3)cc2C1=O. The summed E-state index contributed by atoms with van der Waals surface area (Å²) in [5, 5.41) is 17.3. The number of carbonyl (C=O) groups excluding carboxylic acids is 2. The average Bonchev–Trinajstić information content (AvgIpc) is 3.43. The molecule has 208 valence electrons. The smallest absolute Gasteiger partial charge is 0.261 e. The number of carbonyl (C=O) groups is 2. The number of benzene rings is 1. The third-order valence-corrected chi connectivity index (χ3v) is 7.59. The zero-order valence-electron chi connectivity index (χ0n) is 23.1. The van der Waals surface area contributed by atoms with Crippen molar-refractivity contribution in [2.45, 2.75) is 58.5 Å². The number of alkyl halides is 1. The Bertz CT molecular complexity index is 1400. The van der Waals surface area contributed by atoms with Gasteiger partial charge in [0.25, 0.3) is 11.8 Å². The third kappa shape index (κ3) is 5.33. The van der Waals surface area contributed by atoms with Crippen LogP contribution in [0.3, 0.4) is 0 Å². The van der Waals surface area contributed by atoms with Gasteiger partial charge in [0.05, 0.1) is 29.7 Å². The molecule has 0 spiro atoms. The lowest BCUT2D eigenvalue weighted by Crippen LogP contribution is -2.53. The molecule has 5 rings (SSSR count). The van der Waals surface area contributed by atoms with Gasteiger partial charge in [0.2, 0.25) is 0 Å². The molecule has 1 atom stereocenters. The molecule has 10 nitrogen and oxygen atoms in total. The van der Waals surface area contributed by atoms with E-state index in [0.717, 1.165) is 31.9 Å². The molecule has 0 bridgehead atoms. The van der Waals surface area contributed by atoms with E-state index in [2.05, 4.69) is 46.0 Å². The van der Waals surface area contributed by atoms with Crippen LogP contribution in [0.5, 0.6) is 0 Å². The molecule has 2 aliphatic heterocycles. The summed E-state index contributed by atoms with van der Waals surface area (Å²) in [4.78, 5) is 37.0. The van der Waals surface area contributed by atoms with Gasteiger partial charge in [-0.1, -0.05) is 0 Å². The van der Waals surface area contributed by atoms with Gasteiger partial charge in [0, 0.05) is 56.2 Å². The van der Waals surface area contributed by atoms with Crippen LogP contribution in [0.25, 0.3) is 5.65 Å². The second kappa shape index (κ2) is 9.87. The number of rotatable bonds is 6. The highest BCUT2D eigenvalue weighted by molar-refractivity contribution is 6.10. The normalized spacial score (nSPS) is 17.6. The van der Waals surface area contributed by atoms with E-state index in [-0.39, 0.29) is 30.4 Å². The van der Waals surface area contributed by atoms with E-state index in [1.807, 2.05) is 12.1 Å². The molecule has 39 heavy (non-hydrogen) atoms. The van der Waals surface area contributed by atoms with E-state index in [1.54, 1.807) is 18.5 Å². The zero-order chi connectivity index (χ0) is 28.1. The van der Waals surface area contributed by atoms with Crippen LogP contribution in [0, 0.1) is 0 Å². The fraction of sp³-hybridized carbons (Fsp3) is 0.500. The summed E-state index contributed by atoms with van der Waals surface area (Å²) in [5.41, 5.74) is 1.77. The number of aliphatic hydroxyl groups is 1. The first-order valence-electron chi connectivity index (χ1n) is 13.3. The van der Waals surface area contributed by atoms with Crippen molar-refractivity contribution < 1.29 is 19.1 Å². The van der Waals surface area contributed by atoms with E-state index < -0.39 is 11.8 Å². The second-order valence-corrected chi connectivity index (χ2v) is 11.9. The summed E-state index contributed by atoms with van der Waals surface area (Å²) in [7, 11) is 0. The van der Waals surface area contributed by atoms with Crippen molar-refractivity contribution >= 4 is 28.8 Å². The van der Waals surface area contributed by atoms with Gasteiger partial charge in [-0.2, -0.15) is 5.10 Å². The van der Waals surface area contributed by atoms with E-state index in [4.69, 9.17) is 0 Å². The van der Waals surface area contributed by atoms with Gasteiger partial charge in [-0.3, -0.25) is 14.5 Å². The molecule has 1 unspecified atom stereocenters. The molecule has 0 radical (unpaired) electrons. The summed E-state index contributed by atoms with van der Waals surface area (Å²) < 4.78 is 16.2. The standard InChI is InChI=1S/C28H36FN7O3/c1-27(2,3)35-11-9-33(10-12-35)22-14-19-18(16-34(26(19)38)17-23(29)28(4,5)39)13-21(22)32-25(37)20-15-31-36-8-6-7-30-24(20)36/h6-8,13-15,23,39H,9-12,16-17H2,1-5H3,(H,32,37). The minimum Gasteiger partial charge on any atom is -0.387 e. The number of hydrogen-bond donors (Lipinski definition) is 2. The summed E-state index contributed by atoms with van der Waals surface area (Å²) in [6, 6.07) is 5.36. The van der Waals surface area contributed by atoms with Crippen molar-refractivity contribution in [1.82, 2.24) is 24.4 Å². The highest BCUT2D eigenvalue weighted by atomic mass is 19.1. The minimum absolute atomic E-state index is 0.0391. The van der Waals surface area contributed by atoms with Crippen LogP contribution in [0.4, 0.5) is 15.8 Å².